The van der Waals surface area contributed by atoms with E-state index in [0.29, 0.717) is 5.41 Å². The molecular weight excluding hydrogens is 270 g/mol. The van der Waals surface area contributed by atoms with E-state index in [0.717, 1.165) is 6.54 Å². The fraction of sp³-hybridized carbons (Fsp3) is 0.684. The summed E-state index contributed by atoms with van der Waals surface area (Å²) in [5, 5.41) is 3.53. The van der Waals surface area contributed by atoms with E-state index in [-0.39, 0.29) is 5.54 Å². The molecule has 2 aliphatic heterocycles. The molecule has 0 aliphatic carbocycles. The summed E-state index contributed by atoms with van der Waals surface area (Å²) in [4.78, 5) is 5.34. The minimum absolute atomic E-state index is 0.247. The van der Waals surface area contributed by atoms with Gasteiger partial charge < -0.3 is 5.32 Å². The Kier molecular flexibility index (Phi) is 4.58. The molecule has 1 atom stereocenters. The Labute approximate surface area is 135 Å². The first-order valence-electron chi connectivity index (χ1n) is 8.69. The van der Waals surface area contributed by atoms with Gasteiger partial charge in [-0.2, -0.15) is 0 Å². The normalized spacial score (nSPS) is 29.8. The first-order valence-corrected chi connectivity index (χ1v) is 8.69. The van der Waals surface area contributed by atoms with Gasteiger partial charge in [0.15, 0.2) is 0 Å². The van der Waals surface area contributed by atoms with Gasteiger partial charge in [-0.05, 0) is 37.8 Å². The third-order valence-corrected chi connectivity index (χ3v) is 5.43. The molecule has 1 unspecified atom stereocenters. The molecule has 3 nitrogen and oxygen atoms in total. The van der Waals surface area contributed by atoms with Crippen LogP contribution in [-0.2, 0) is 6.54 Å². The Morgan fingerprint density at radius 1 is 1.09 bits per heavy atom. The summed E-state index contributed by atoms with van der Waals surface area (Å²) < 4.78 is 0. The van der Waals surface area contributed by atoms with E-state index < -0.39 is 0 Å². The molecule has 0 aromatic heterocycles. The van der Waals surface area contributed by atoms with Crippen molar-refractivity contribution >= 4 is 0 Å². The maximum absolute atomic E-state index is 3.53. The average Bonchev–Trinajstić information content (AvgIpc) is 2.89. The molecule has 122 valence electrons. The minimum atomic E-state index is 0.247. The second-order valence-corrected chi connectivity index (χ2v) is 8.17. The Balaban J connectivity index is 1.59. The molecule has 3 rings (SSSR count). The average molecular weight is 301 g/mol. The van der Waals surface area contributed by atoms with Crippen molar-refractivity contribution in [1.82, 2.24) is 15.1 Å². The van der Waals surface area contributed by atoms with E-state index in [9.17, 15) is 0 Å². The van der Waals surface area contributed by atoms with Gasteiger partial charge in [0.05, 0.1) is 0 Å². The maximum atomic E-state index is 3.53. The lowest BCUT2D eigenvalue weighted by Crippen LogP contribution is -2.60. The van der Waals surface area contributed by atoms with Crippen molar-refractivity contribution in [2.24, 2.45) is 5.41 Å². The lowest BCUT2D eigenvalue weighted by Gasteiger charge is -2.49. The maximum Gasteiger partial charge on any atom is 0.0284 e. The van der Waals surface area contributed by atoms with Crippen LogP contribution in [0.25, 0.3) is 0 Å². The van der Waals surface area contributed by atoms with Crippen molar-refractivity contribution in [3.8, 4) is 0 Å². The third-order valence-electron chi connectivity index (χ3n) is 5.43. The van der Waals surface area contributed by atoms with E-state index in [1.165, 1.54) is 51.3 Å². The highest BCUT2D eigenvalue weighted by atomic mass is 15.3. The zero-order valence-corrected chi connectivity index (χ0v) is 14.4. The number of nitrogens with one attached hydrogen (secondary N) is 1. The van der Waals surface area contributed by atoms with Gasteiger partial charge in [0.2, 0.25) is 0 Å². The molecule has 0 saturated carbocycles. The summed E-state index contributed by atoms with van der Waals surface area (Å²) in [5.74, 6) is 0. The van der Waals surface area contributed by atoms with E-state index in [4.69, 9.17) is 0 Å². The number of piperazine rings is 1. The molecule has 3 heteroatoms. The zero-order chi connectivity index (χ0) is 15.6. The van der Waals surface area contributed by atoms with Crippen LogP contribution in [0.2, 0.25) is 0 Å². The highest BCUT2D eigenvalue weighted by Crippen LogP contribution is 2.29. The predicted octanol–water partition coefficient (Wildman–Crippen LogP) is 2.58. The van der Waals surface area contributed by atoms with Gasteiger partial charge in [-0.3, -0.25) is 9.80 Å². The molecule has 22 heavy (non-hydrogen) atoms. The van der Waals surface area contributed by atoms with Crippen molar-refractivity contribution in [3.63, 3.8) is 0 Å². The molecule has 1 N–H and O–H groups in total. The van der Waals surface area contributed by atoms with Crippen LogP contribution in [0.4, 0.5) is 0 Å². The van der Waals surface area contributed by atoms with Gasteiger partial charge >= 0.3 is 0 Å². The van der Waals surface area contributed by atoms with Crippen molar-refractivity contribution in [1.29, 1.82) is 0 Å². The van der Waals surface area contributed by atoms with Crippen LogP contribution in [0.5, 0.6) is 0 Å². The Morgan fingerprint density at radius 2 is 1.86 bits per heavy atom. The number of nitrogens with zero attached hydrogens (tertiary/aromatic N) is 2. The van der Waals surface area contributed by atoms with Crippen LogP contribution < -0.4 is 5.32 Å². The summed E-state index contributed by atoms with van der Waals surface area (Å²) in [6.07, 6.45) is 1.32. The van der Waals surface area contributed by atoms with E-state index in [1.807, 2.05) is 0 Å². The number of hydrogen-bond donors (Lipinski definition) is 1. The van der Waals surface area contributed by atoms with Gasteiger partial charge in [-0.25, -0.2) is 0 Å². The highest BCUT2D eigenvalue weighted by Gasteiger charge is 2.37. The molecule has 1 aromatic carbocycles. The van der Waals surface area contributed by atoms with Crippen LogP contribution in [0, 0.1) is 5.41 Å². The predicted molar refractivity (Wildman–Crippen MR) is 93.0 cm³/mol. The fourth-order valence-corrected chi connectivity index (χ4v) is 4.07. The van der Waals surface area contributed by atoms with Gasteiger partial charge in [0.25, 0.3) is 0 Å². The van der Waals surface area contributed by atoms with E-state index in [1.54, 1.807) is 0 Å². The van der Waals surface area contributed by atoms with Crippen LogP contribution in [0.15, 0.2) is 30.3 Å². The van der Waals surface area contributed by atoms with Gasteiger partial charge in [0, 0.05) is 44.8 Å². The van der Waals surface area contributed by atoms with E-state index >= 15 is 0 Å². The van der Waals surface area contributed by atoms with Gasteiger partial charge in [-0.1, -0.05) is 37.3 Å². The molecule has 2 heterocycles. The third kappa shape index (κ3) is 3.70. The SMILES string of the molecule is CC1(CN2CCN(Cc3ccccc3)C(C)(C)C2)CCNC1. The Hall–Kier alpha value is -0.900. The summed E-state index contributed by atoms with van der Waals surface area (Å²) in [6.45, 7) is 15.5. The Morgan fingerprint density at radius 3 is 2.50 bits per heavy atom. The zero-order valence-electron chi connectivity index (χ0n) is 14.4. The first-order chi connectivity index (χ1) is 10.5. The van der Waals surface area contributed by atoms with Crippen molar-refractivity contribution in [2.75, 3.05) is 39.3 Å². The summed E-state index contributed by atoms with van der Waals surface area (Å²) in [6, 6.07) is 10.9. The first kappa shape index (κ1) is 16.0. The topological polar surface area (TPSA) is 18.5 Å². The molecule has 0 bridgehead atoms. The fourth-order valence-electron chi connectivity index (χ4n) is 4.07. The lowest BCUT2D eigenvalue weighted by molar-refractivity contribution is -0.000399. The van der Waals surface area contributed by atoms with Crippen LogP contribution in [0.1, 0.15) is 32.8 Å². The largest absolute Gasteiger partial charge is 0.316 e. The van der Waals surface area contributed by atoms with Crippen LogP contribution >= 0.6 is 0 Å². The number of hydrogen-bond acceptors (Lipinski definition) is 3. The van der Waals surface area contributed by atoms with Gasteiger partial charge in [-0.15, -0.1) is 0 Å². The van der Waals surface area contributed by atoms with E-state index in [2.05, 4.69) is 66.2 Å². The lowest BCUT2D eigenvalue weighted by atomic mass is 9.87. The monoisotopic (exact) mass is 301 g/mol. The smallest absolute Gasteiger partial charge is 0.0284 e. The molecule has 0 amide bonds. The summed E-state index contributed by atoms with van der Waals surface area (Å²) in [7, 11) is 0. The van der Waals surface area contributed by atoms with Gasteiger partial charge in [0.1, 0.15) is 0 Å². The second kappa shape index (κ2) is 6.31. The van der Waals surface area contributed by atoms with Crippen LogP contribution in [0.3, 0.4) is 0 Å². The van der Waals surface area contributed by atoms with Crippen molar-refractivity contribution in [3.05, 3.63) is 35.9 Å². The highest BCUT2D eigenvalue weighted by molar-refractivity contribution is 5.15. The second-order valence-electron chi connectivity index (χ2n) is 8.17. The van der Waals surface area contributed by atoms with Crippen LogP contribution in [-0.4, -0.2) is 54.6 Å². The standard InChI is InChI=1S/C19H31N3/c1-18(2)15-21(16-19(3)9-10-20-14-19)11-12-22(18)13-17-7-5-4-6-8-17/h4-8,20H,9-16H2,1-3H3. The molecule has 0 radical (unpaired) electrons. The molecule has 0 spiro atoms. The number of benzene rings is 1. The minimum Gasteiger partial charge on any atom is -0.316 e. The number of rotatable bonds is 4. The molecule has 2 fully saturated rings. The van der Waals surface area contributed by atoms with Crippen molar-refractivity contribution in [2.45, 2.75) is 39.3 Å². The van der Waals surface area contributed by atoms with Crippen molar-refractivity contribution < 1.29 is 0 Å². The molecule has 1 aromatic rings. The quantitative estimate of drug-likeness (QED) is 0.922. The summed E-state index contributed by atoms with van der Waals surface area (Å²) >= 11 is 0. The summed E-state index contributed by atoms with van der Waals surface area (Å²) in [5.41, 5.74) is 2.14. The molecule has 2 aliphatic rings. The molecule has 2 saturated heterocycles. The molecular formula is C19H31N3. The Bertz CT molecular complexity index is 477.